The van der Waals surface area contributed by atoms with Crippen LogP contribution in [0.3, 0.4) is 0 Å². The van der Waals surface area contributed by atoms with Crippen molar-refractivity contribution >= 4 is 0 Å². The van der Waals surface area contributed by atoms with Gasteiger partial charge in [0.05, 0.1) is 0 Å². The number of aliphatic hydroxyl groups excluding tert-OH is 3. The molecule has 1 heterocycles. The van der Waals surface area contributed by atoms with Crippen molar-refractivity contribution in [2.75, 3.05) is 6.61 Å². The van der Waals surface area contributed by atoms with Crippen molar-refractivity contribution in [2.24, 2.45) is 0 Å². The van der Waals surface area contributed by atoms with Crippen LogP contribution in [0.5, 0.6) is 0 Å². The van der Waals surface area contributed by atoms with Crippen molar-refractivity contribution in [3.63, 3.8) is 0 Å². The van der Waals surface area contributed by atoms with E-state index in [2.05, 4.69) is 9.47 Å². The topological polar surface area (TPSA) is 103 Å². The van der Waals surface area contributed by atoms with Crippen molar-refractivity contribution in [2.45, 2.75) is 24.6 Å². The molecule has 1 rings (SSSR count). The molecule has 0 amide bonds. The van der Waals surface area contributed by atoms with Crippen LogP contribution in [-0.2, 0) is 9.47 Å². The lowest BCUT2D eigenvalue weighted by atomic mass is 10.1. The SMILES string of the molecule is N#COC[C@H]1OC(O)[C@@H](O)[C@@H]1O. The van der Waals surface area contributed by atoms with Gasteiger partial charge < -0.3 is 24.8 Å². The molecule has 0 aromatic carbocycles. The van der Waals surface area contributed by atoms with Crippen LogP contribution >= 0.6 is 0 Å². The molecule has 0 saturated carbocycles. The van der Waals surface area contributed by atoms with Gasteiger partial charge in [-0.25, -0.2) is 0 Å². The van der Waals surface area contributed by atoms with Gasteiger partial charge in [-0.2, -0.15) is 5.26 Å². The maximum atomic E-state index is 9.13. The highest BCUT2D eigenvalue weighted by Crippen LogP contribution is 2.19. The Labute approximate surface area is 68.6 Å². The number of rotatable bonds is 2. The van der Waals surface area contributed by atoms with E-state index in [4.69, 9.17) is 20.6 Å². The van der Waals surface area contributed by atoms with E-state index in [1.807, 2.05) is 0 Å². The molecule has 12 heavy (non-hydrogen) atoms. The minimum absolute atomic E-state index is 0.175. The quantitative estimate of drug-likeness (QED) is 0.416. The predicted octanol–water partition coefficient (Wildman–Crippen LogP) is -2.08. The molecule has 0 bridgehead atoms. The molecule has 68 valence electrons. The lowest BCUT2D eigenvalue weighted by Crippen LogP contribution is -2.34. The van der Waals surface area contributed by atoms with Crippen molar-refractivity contribution in [1.29, 1.82) is 5.26 Å². The van der Waals surface area contributed by atoms with E-state index in [9.17, 15) is 0 Å². The Kier molecular flexibility index (Phi) is 2.83. The first kappa shape index (κ1) is 9.22. The standard InChI is InChI=1S/C6H9NO5/c7-2-11-1-3-4(8)5(9)6(10)12-3/h3-6,8-10H,1H2/t3-,4-,5+,6?/m1/s1. The number of aliphatic hydroxyl groups is 3. The molecule has 1 aliphatic rings. The summed E-state index contributed by atoms with van der Waals surface area (Å²) in [5.74, 6) is 0. The number of ether oxygens (including phenoxy) is 2. The van der Waals surface area contributed by atoms with Crippen LogP contribution in [-0.4, -0.2) is 46.5 Å². The summed E-state index contributed by atoms with van der Waals surface area (Å²) in [4.78, 5) is 0. The lowest BCUT2D eigenvalue weighted by molar-refractivity contribution is -0.132. The Morgan fingerprint density at radius 2 is 2.00 bits per heavy atom. The molecule has 1 unspecified atom stereocenters. The molecular formula is C6H9NO5. The fraction of sp³-hybridized carbons (Fsp3) is 0.833. The monoisotopic (exact) mass is 175 g/mol. The Hall–Kier alpha value is -0.870. The summed E-state index contributed by atoms with van der Waals surface area (Å²) in [6.07, 6.45) is -3.42. The molecule has 0 aromatic rings. The third kappa shape index (κ3) is 1.65. The summed E-state index contributed by atoms with van der Waals surface area (Å²) >= 11 is 0. The van der Waals surface area contributed by atoms with Crippen LogP contribution in [0.1, 0.15) is 0 Å². The van der Waals surface area contributed by atoms with E-state index < -0.39 is 24.6 Å². The second kappa shape index (κ2) is 3.69. The maximum Gasteiger partial charge on any atom is 0.286 e. The first-order chi connectivity index (χ1) is 5.66. The summed E-state index contributed by atoms with van der Waals surface area (Å²) in [5.41, 5.74) is 0. The van der Waals surface area contributed by atoms with E-state index in [0.29, 0.717) is 0 Å². The van der Waals surface area contributed by atoms with Gasteiger partial charge in [0.1, 0.15) is 24.9 Å². The molecule has 4 atom stereocenters. The zero-order valence-corrected chi connectivity index (χ0v) is 6.12. The van der Waals surface area contributed by atoms with Crippen LogP contribution in [0.2, 0.25) is 0 Å². The molecule has 6 nitrogen and oxygen atoms in total. The van der Waals surface area contributed by atoms with Crippen molar-refractivity contribution in [1.82, 2.24) is 0 Å². The highest BCUT2D eigenvalue weighted by Gasteiger charge is 2.42. The second-order valence-corrected chi connectivity index (χ2v) is 2.45. The van der Waals surface area contributed by atoms with Gasteiger partial charge in [-0.3, -0.25) is 0 Å². The summed E-state index contributed by atoms with van der Waals surface area (Å²) < 4.78 is 8.95. The third-order valence-corrected chi connectivity index (χ3v) is 1.65. The van der Waals surface area contributed by atoms with Crippen molar-refractivity contribution in [3.05, 3.63) is 0 Å². The van der Waals surface area contributed by atoms with Gasteiger partial charge >= 0.3 is 0 Å². The molecule has 0 radical (unpaired) electrons. The first-order valence-electron chi connectivity index (χ1n) is 3.37. The largest absolute Gasteiger partial charge is 0.425 e. The third-order valence-electron chi connectivity index (χ3n) is 1.65. The van der Waals surface area contributed by atoms with E-state index in [1.54, 1.807) is 0 Å². The fourth-order valence-corrected chi connectivity index (χ4v) is 0.986. The van der Waals surface area contributed by atoms with Crippen LogP contribution in [0.25, 0.3) is 0 Å². The van der Waals surface area contributed by atoms with Crippen LogP contribution in [0.15, 0.2) is 0 Å². The number of nitriles is 1. The van der Waals surface area contributed by atoms with Gasteiger partial charge in [-0.1, -0.05) is 0 Å². The fourth-order valence-electron chi connectivity index (χ4n) is 0.986. The van der Waals surface area contributed by atoms with E-state index in [1.165, 1.54) is 6.26 Å². The average Bonchev–Trinajstić information content (AvgIpc) is 2.30. The first-order valence-corrected chi connectivity index (χ1v) is 3.37. The second-order valence-electron chi connectivity index (χ2n) is 2.45. The number of nitrogens with zero attached hydrogens (tertiary/aromatic N) is 1. The highest BCUT2D eigenvalue weighted by atomic mass is 16.7. The normalized spacial score (nSPS) is 40.8. The lowest BCUT2D eigenvalue weighted by Gasteiger charge is -2.11. The highest BCUT2D eigenvalue weighted by molar-refractivity contribution is 4.85. The molecule has 0 aromatic heterocycles. The Bertz CT molecular complexity index is 191. The Morgan fingerprint density at radius 3 is 2.42 bits per heavy atom. The van der Waals surface area contributed by atoms with E-state index >= 15 is 0 Å². The molecular weight excluding hydrogens is 166 g/mol. The molecule has 1 fully saturated rings. The van der Waals surface area contributed by atoms with Crippen LogP contribution in [0, 0.1) is 11.5 Å². The summed E-state index contributed by atoms with van der Waals surface area (Å²) in [5, 5.41) is 35.0. The van der Waals surface area contributed by atoms with Crippen LogP contribution in [0.4, 0.5) is 0 Å². The average molecular weight is 175 g/mol. The number of hydrogen-bond acceptors (Lipinski definition) is 6. The molecule has 0 aliphatic carbocycles. The molecule has 1 aliphatic heterocycles. The minimum atomic E-state index is -1.41. The number of hydrogen-bond donors (Lipinski definition) is 3. The minimum Gasteiger partial charge on any atom is -0.425 e. The van der Waals surface area contributed by atoms with Gasteiger partial charge in [-0.15, -0.1) is 0 Å². The van der Waals surface area contributed by atoms with E-state index in [-0.39, 0.29) is 6.61 Å². The zero-order chi connectivity index (χ0) is 9.14. The van der Waals surface area contributed by atoms with E-state index in [0.717, 1.165) is 0 Å². The van der Waals surface area contributed by atoms with Gasteiger partial charge in [0, 0.05) is 0 Å². The maximum absolute atomic E-state index is 9.13. The molecule has 3 N–H and O–H groups in total. The summed E-state index contributed by atoms with van der Waals surface area (Å²) in [6.45, 7) is -0.175. The predicted molar refractivity (Wildman–Crippen MR) is 34.5 cm³/mol. The Balaban J connectivity index is 2.43. The van der Waals surface area contributed by atoms with Gasteiger partial charge in [0.15, 0.2) is 6.29 Å². The van der Waals surface area contributed by atoms with Gasteiger partial charge in [-0.05, 0) is 0 Å². The summed E-state index contributed by atoms with van der Waals surface area (Å²) in [6, 6.07) is 0. The zero-order valence-electron chi connectivity index (χ0n) is 6.12. The van der Waals surface area contributed by atoms with Gasteiger partial charge in [0.2, 0.25) is 0 Å². The Morgan fingerprint density at radius 1 is 1.33 bits per heavy atom. The van der Waals surface area contributed by atoms with Crippen molar-refractivity contribution in [3.8, 4) is 6.26 Å². The summed E-state index contributed by atoms with van der Waals surface area (Å²) in [7, 11) is 0. The molecule has 1 saturated heterocycles. The van der Waals surface area contributed by atoms with Gasteiger partial charge in [0.25, 0.3) is 6.26 Å². The smallest absolute Gasteiger partial charge is 0.286 e. The van der Waals surface area contributed by atoms with Crippen LogP contribution < -0.4 is 0 Å². The molecule has 6 heteroatoms. The van der Waals surface area contributed by atoms with Crippen molar-refractivity contribution < 1.29 is 24.8 Å². The molecule has 0 spiro atoms.